The molecule has 0 fully saturated rings. The van der Waals surface area contributed by atoms with Gasteiger partial charge in [-0.2, -0.15) is 0 Å². The molecule has 0 aliphatic heterocycles. The lowest BCUT2D eigenvalue weighted by Gasteiger charge is -2.12. The number of nitro benzene ring substituents is 1. The number of halogens is 1. The first-order valence-electron chi connectivity index (χ1n) is 9.23. The topological polar surface area (TPSA) is 101 Å². The highest BCUT2D eigenvalue weighted by Crippen LogP contribution is 2.18. The second-order valence-corrected chi connectivity index (χ2v) is 7.07. The molecule has 8 heteroatoms. The Labute approximate surface area is 183 Å². The quantitative estimate of drug-likeness (QED) is 0.324. The second-order valence-electron chi connectivity index (χ2n) is 6.66. The lowest BCUT2D eigenvalue weighted by molar-refractivity contribution is -0.384. The molecule has 0 aliphatic carbocycles. The number of carbonyl (C=O) groups is 2. The molecule has 2 amide bonds. The van der Waals surface area contributed by atoms with Crippen molar-refractivity contribution in [1.82, 2.24) is 5.32 Å². The lowest BCUT2D eigenvalue weighted by Crippen LogP contribution is -2.31. The minimum atomic E-state index is -0.587. The van der Waals surface area contributed by atoms with E-state index in [-0.39, 0.29) is 22.0 Å². The molecule has 3 aromatic rings. The Morgan fingerprint density at radius 2 is 1.71 bits per heavy atom. The van der Waals surface area contributed by atoms with E-state index in [1.54, 1.807) is 36.4 Å². The van der Waals surface area contributed by atoms with Gasteiger partial charge < -0.3 is 10.6 Å². The molecule has 7 nitrogen and oxygen atoms in total. The Morgan fingerprint density at radius 3 is 2.39 bits per heavy atom. The summed E-state index contributed by atoms with van der Waals surface area (Å²) in [7, 11) is 0. The van der Waals surface area contributed by atoms with E-state index in [0.717, 1.165) is 5.56 Å². The van der Waals surface area contributed by atoms with Crippen molar-refractivity contribution in [2.45, 2.75) is 6.92 Å². The molecule has 31 heavy (non-hydrogen) atoms. The number of nitrogens with one attached hydrogen (secondary N) is 2. The van der Waals surface area contributed by atoms with Crippen LogP contribution >= 0.6 is 11.6 Å². The van der Waals surface area contributed by atoms with Crippen LogP contribution in [0.15, 0.2) is 78.5 Å². The maximum Gasteiger partial charge on any atom is 0.272 e. The summed E-state index contributed by atoms with van der Waals surface area (Å²) in [5, 5.41) is 16.6. The molecule has 0 aliphatic rings. The zero-order valence-electron chi connectivity index (χ0n) is 16.5. The van der Waals surface area contributed by atoms with Crippen LogP contribution in [0.1, 0.15) is 21.5 Å². The minimum Gasteiger partial charge on any atom is -0.321 e. The van der Waals surface area contributed by atoms with Gasteiger partial charge in [-0.25, -0.2) is 0 Å². The molecule has 0 heterocycles. The number of carbonyl (C=O) groups excluding carboxylic acids is 2. The van der Waals surface area contributed by atoms with Gasteiger partial charge in [0.05, 0.1) is 15.5 Å². The average molecular weight is 436 g/mol. The summed E-state index contributed by atoms with van der Waals surface area (Å²) in [5.74, 6) is -1.17. The first-order valence-corrected chi connectivity index (χ1v) is 9.61. The number of amides is 2. The van der Waals surface area contributed by atoms with E-state index >= 15 is 0 Å². The van der Waals surface area contributed by atoms with Crippen LogP contribution in [0.25, 0.3) is 6.08 Å². The molecule has 0 radical (unpaired) electrons. The van der Waals surface area contributed by atoms with Gasteiger partial charge in [-0.3, -0.25) is 19.7 Å². The van der Waals surface area contributed by atoms with E-state index in [4.69, 9.17) is 11.6 Å². The number of rotatable bonds is 6. The van der Waals surface area contributed by atoms with Crippen molar-refractivity contribution in [3.05, 3.63) is 110 Å². The highest BCUT2D eigenvalue weighted by Gasteiger charge is 2.17. The maximum atomic E-state index is 12.9. The molecule has 0 atom stereocenters. The van der Waals surface area contributed by atoms with Crippen LogP contribution in [0.3, 0.4) is 0 Å². The van der Waals surface area contributed by atoms with Crippen LogP contribution in [-0.4, -0.2) is 16.7 Å². The summed E-state index contributed by atoms with van der Waals surface area (Å²) in [6.07, 6.45) is 1.37. The Kier molecular flexibility index (Phi) is 6.79. The summed E-state index contributed by atoms with van der Waals surface area (Å²) >= 11 is 6.09. The molecule has 156 valence electrons. The van der Waals surface area contributed by atoms with Gasteiger partial charge in [0.2, 0.25) is 0 Å². The van der Waals surface area contributed by atoms with Crippen LogP contribution in [0, 0.1) is 17.0 Å². The first-order chi connectivity index (χ1) is 14.8. The summed E-state index contributed by atoms with van der Waals surface area (Å²) in [6, 6.07) is 19.3. The normalized spacial score (nSPS) is 11.0. The monoisotopic (exact) mass is 435 g/mol. The number of anilines is 1. The minimum absolute atomic E-state index is 0.0917. The van der Waals surface area contributed by atoms with Crippen LogP contribution < -0.4 is 10.6 Å². The van der Waals surface area contributed by atoms with Crippen molar-refractivity contribution in [2.75, 3.05) is 5.32 Å². The molecule has 0 bridgehead atoms. The number of non-ortho nitro benzene ring substituents is 1. The van der Waals surface area contributed by atoms with Crippen LogP contribution in [0.4, 0.5) is 11.4 Å². The molecule has 3 rings (SSSR count). The molecular weight excluding hydrogens is 418 g/mol. The van der Waals surface area contributed by atoms with Gasteiger partial charge in [0.1, 0.15) is 5.70 Å². The van der Waals surface area contributed by atoms with Gasteiger partial charge in [-0.15, -0.1) is 0 Å². The smallest absolute Gasteiger partial charge is 0.272 e. The standard InChI is InChI=1S/C23H18ClN3O4/c1-15-9-11-17(12-10-15)25-23(29)21(14-16-5-4-6-18(13-16)27(30)31)26-22(28)19-7-2-3-8-20(19)24/h2-14H,1H3,(H,25,29)(H,26,28)/b21-14+. The number of hydrogen-bond donors (Lipinski definition) is 2. The third-order valence-corrected chi connectivity index (χ3v) is 4.64. The van der Waals surface area contributed by atoms with E-state index in [9.17, 15) is 19.7 Å². The molecule has 0 saturated heterocycles. The fourth-order valence-corrected chi connectivity index (χ4v) is 2.95. The van der Waals surface area contributed by atoms with Gasteiger partial charge in [0.15, 0.2) is 0 Å². The molecule has 3 aromatic carbocycles. The number of hydrogen-bond acceptors (Lipinski definition) is 4. The molecular formula is C23H18ClN3O4. The SMILES string of the molecule is Cc1ccc(NC(=O)/C(=C\c2cccc([N+](=O)[O-])c2)NC(=O)c2ccccc2Cl)cc1. The van der Waals surface area contributed by atoms with Crippen molar-refractivity contribution in [1.29, 1.82) is 0 Å². The van der Waals surface area contributed by atoms with Crippen molar-refractivity contribution < 1.29 is 14.5 Å². The van der Waals surface area contributed by atoms with Crippen molar-refractivity contribution in [3.8, 4) is 0 Å². The predicted molar refractivity (Wildman–Crippen MR) is 120 cm³/mol. The van der Waals surface area contributed by atoms with E-state index in [1.165, 1.54) is 30.3 Å². The summed E-state index contributed by atoms with van der Waals surface area (Å²) in [6.45, 7) is 1.92. The van der Waals surface area contributed by atoms with E-state index < -0.39 is 16.7 Å². The van der Waals surface area contributed by atoms with Crippen LogP contribution in [0.2, 0.25) is 5.02 Å². The Bertz CT molecular complexity index is 1170. The zero-order valence-corrected chi connectivity index (χ0v) is 17.2. The van der Waals surface area contributed by atoms with E-state index in [1.807, 2.05) is 19.1 Å². The number of aryl methyl sites for hydroxylation is 1. The van der Waals surface area contributed by atoms with Crippen molar-refractivity contribution in [2.24, 2.45) is 0 Å². The lowest BCUT2D eigenvalue weighted by atomic mass is 10.1. The van der Waals surface area contributed by atoms with Crippen molar-refractivity contribution in [3.63, 3.8) is 0 Å². The molecule has 0 aromatic heterocycles. The van der Waals surface area contributed by atoms with Crippen LogP contribution in [0.5, 0.6) is 0 Å². The number of benzene rings is 3. The molecule has 0 spiro atoms. The van der Waals surface area contributed by atoms with Gasteiger partial charge >= 0.3 is 0 Å². The highest BCUT2D eigenvalue weighted by atomic mass is 35.5. The predicted octanol–water partition coefficient (Wildman–Crippen LogP) is 4.97. The summed E-state index contributed by atoms with van der Waals surface area (Å²) in [4.78, 5) is 36.2. The van der Waals surface area contributed by atoms with Gasteiger partial charge in [-0.05, 0) is 42.8 Å². The molecule has 0 unspecified atom stereocenters. The zero-order chi connectivity index (χ0) is 22.4. The van der Waals surface area contributed by atoms with Gasteiger partial charge in [-0.1, -0.05) is 53.6 Å². The Balaban J connectivity index is 1.94. The van der Waals surface area contributed by atoms with E-state index in [0.29, 0.717) is 11.3 Å². The first kappa shape index (κ1) is 21.7. The number of nitrogens with zero attached hydrogens (tertiary/aromatic N) is 1. The summed E-state index contributed by atoms with van der Waals surface area (Å²) < 4.78 is 0. The molecule has 2 N–H and O–H groups in total. The van der Waals surface area contributed by atoms with Gasteiger partial charge in [0.25, 0.3) is 17.5 Å². The second kappa shape index (κ2) is 9.69. The third-order valence-electron chi connectivity index (χ3n) is 4.31. The Morgan fingerprint density at radius 1 is 1.00 bits per heavy atom. The van der Waals surface area contributed by atoms with Crippen molar-refractivity contribution >= 4 is 40.9 Å². The fourth-order valence-electron chi connectivity index (χ4n) is 2.72. The maximum absolute atomic E-state index is 12.9. The highest BCUT2D eigenvalue weighted by molar-refractivity contribution is 6.34. The van der Waals surface area contributed by atoms with E-state index in [2.05, 4.69) is 10.6 Å². The average Bonchev–Trinajstić information content (AvgIpc) is 2.75. The molecule has 0 saturated carbocycles. The van der Waals surface area contributed by atoms with Crippen LogP contribution in [-0.2, 0) is 4.79 Å². The number of nitro groups is 1. The largest absolute Gasteiger partial charge is 0.321 e. The third kappa shape index (κ3) is 5.77. The Hall–Kier alpha value is -3.97. The van der Waals surface area contributed by atoms with Gasteiger partial charge in [0, 0.05) is 17.8 Å². The summed E-state index contributed by atoms with van der Waals surface area (Å²) in [5.41, 5.74) is 1.90. The fraction of sp³-hybridized carbons (Fsp3) is 0.0435.